The predicted octanol–water partition coefficient (Wildman–Crippen LogP) is 4.18. The first-order chi connectivity index (χ1) is 14.3. The van der Waals surface area contributed by atoms with Gasteiger partial charge in [0.05, 0.1) is 10.6 Å². The molecule has 1 aromatic heterocycles. The molecule has 0 atom stereocenters. The van der Waals surface area contributed by atoms with Crippen molar-refractivity contribution in [3.8, 4) is 0 Å². The van der Waals surface area contributed by atoms with Gasteiger partial charge in [0, 0.05) is 5.25 Å². The first-order valence-electron chi connectivity index (χ1n) is 9.20. The normalized spacial score (nSPS) is 11.5. The van der Waals surface area contributed by atoms with Crippen LogP contribution in [0, 0.1) is 6.92 Å². The molecule has 0 saturated heterocycles. The van der Waals surface area contributed by atoms with Gasteiger partial charge in [0.25, 0.3) is 10.0 Å². The Morgan fingerprint density at radius 1 is 1.10 bits per heavy atom. The van der Waals surface area contributed by atoms with Crippen molar-refractivity contribution in [2.75, 3.05) is 16.2 Å². The van der Waals surface area contributed by atoms with E-state index >= 15 is 0 Å². The van der Waals surface area contributed by atoms with E-state index in [-0.39, 0.29) is 11.4 Å². The summed E-state index contributed by atoms with van der Waals surface area (Å²) in [6.45, 7) is 5.61. The molecule has 0 spiro atoms. The highest BCUT2D eigenvalue weighted by Crippen LogP contribution is 2.29. The molecule has 10 heteroatoms. The Bertz CT molecular complexity index is 1100. The summed E-state index contributed by atoms with van der Waals surface area (Å²) in [4.78, 5) is 12.8. The minimum absolute atomic E-state index is 0.116. The highest BCUT2D eigenvalue weighted by atomic mass is 32.2. The van der Waals surface area contributed by atoms with Crippen molar-refractivity contribution in [2.24, 2.45) is 0 Å². The van der Waals surface area contributed by atoms with Gasteiger partial charge in [-0.25, -0.2) is 8.42 Å². The van der Waals surface area contributed by atoms with E-state index in [1.54, 1.807) is 54.2 Å². The standard InChI is InChI=1S/C20H22N4O3S3/c1-14(2)28-20-23-22-19(29-20)21-18(25)13-24(16-11-9-15(3)10-12-16)30(26,27)17-7-5-4-6-8-17/h4-12,14H,13H2,1-3H3,(H,21,22,25). The van der Waals surface area contributed by atoms with Gasteiger partial charge in [-0.1, -0.05) is 72.8 Å². The van der Waals surface area contributed by atoms with Gasteiger partial charge in [0.15, 0.2) is 4.34 Å². The molecule has 0 saturated carbocycles. The summed E-state index contributed by atoms with van der Waals surface area (Å²) < 4.78 is 28.3. The monoisotopic (exact) mass is 462 g/mol. The fourth-order valence-corrected chi connectivity index (χ4v) is 5.98. The van der Waals surface area contributed by atoms with E-state index in [0.29, 0.717) is 16.1 Å². The number of rotatable bonds is 8. The van der Waals surface area contributed by atoms with E-state index in [2.05, 4.69) is 15.5 Å². The zero-order valence-electron chi connectivity index (χ0n) is 16.8. The second-order valence-corrected chi connectivity index (χ2v) is 11.4. The average Bonchev–Trinajstić information content (AvgIpc) is 3.13. The van der Waals surface area contributed by atoms with Gasteiger partial charge in [-0.05, 0) is 31.2 Å². The van der Waals surface area contributed by atoms with E-state index in [1.165, 1.54) is 23.5 Å². The van der Waals surface area contributed by atoms with Crippen LogP contribution in [0.15, 0.2) is 63.8 Å². The second kappa shape index (κ2) is 9.59. The number of carbonyl (C=O) groups is 1. The number of benzene rings is 2. The zero-order chi connectivity index (χ0) is 21.7. The van der Waals surface area contributed by atoms with E-state index in [9.17, 15) is 13.2 Å². The molecule has 0 unspecified atom stereocenters. The Hall–Kier alpha value is -2.43. The lowest BCUT2D eigenvalue weighted by molar-refractivity contribution is -0.114. The van der Waals surface area contributed by atoms with Crippen LogP contribution in [-0.4, -0.2) is 36.3 Å². The summed E-state index contributed by atoms with van der Waals surface area (Å²) in [7, 11) is -3.93. The van der Waals surface area contributed by atoms with Crippen LogP contribution in [0.3, 0.4) is 0 Å². The number of hydrogen-bond donors (Lipinski definition) is 1. The molecule has 0 aliphatic rings. The second-order valence-electron chi connectivity index (χ2n) is 6.75. The highest BCUT2D eigenvalue weighted by molar-refractivity contribution is 8.01. The Kier molecular flexibility index (Phi) is 7.11. The number of aryl methyl sites for hydroxylation is 1. The molecule has 0 radical (unpaired) electrons. The first-order valence-corrected chi connectivity index (χ1v) is 12.3. The van der Waals surface area contributed by atoms with Crippen LogP contribution in [0.5, 0.6) is 0 Å². The van der Waals surface area contributed by atoms with Crippen LogP contribution in [0.1, 0.15) is 19.4 Å². The quantitative estimate of drug-likeness (QED) is 0.399. The maximum atomic E-state index is 13.2. The zero-order valence-corrected chi connectivity index (χ0v) is 19.2. The van der Waals surface area contributed by atoms with Crippen molar-refractivity contribution in [1.82, 2.24) is 10.2 Å². The van der Waals surface area contributed by atoms with Crippen molar-refractivity contribution < 1.29 is 13.2 Å². The number of hydrogen-bond acceptors (Lipinski definition) is 7. The molecule has 2 aromatic carbocycles. The van der Waals surface area contributed by atoms with Crippen LogP contribution < -0.4 is 9.62 Å². The van der Waals surface area contributed by atoms with E-state index in [4.69, 9.17) is 0 Å². The Balaban J connectivity index is 1.84. The summed E-state index contributed by atoms with van der Waals surface area (Å²) in [6.07, 6.45) is 0. The minimum Gasteiger partial charge on any atom is -0.299 e. The van der Waals surface area contributed by atoms with Gasteiger partial charge < -0.3 is 0 Å². The summed E-state index contributed by atoms with van der Waals surface area (Å²) in [5.74, 6) is -0.493. The number of thioether (sulfide) groups is 1. The fraction of sp³-hybridized carbons (Fsp3) is 0.250. The number of nitrogens with one attached hydrogen (secondary N) is 1. The molecule has 1 N–H and O–H groups in total. The molecular weight excluding hydrogens is 440 g/mol. The molecule has 3 aromatic rings. The smallest absolute Gasteiger partial charge is 0.264 e. The third-order valence-electron chi connectivity index (χ3n) is 3.93. The molecule has 0 fully saturated rings. The van der Waals surface area contributed by atoms with Crippen LogP contribution in [0.4, 0.5) is 10.8 Å². The lowest BCUT2D eigenvalue weighted by Gasteiger charge is -2.24. The first kappa shape index (κ1) is 22.3. The largest absolute Gasteiger partial charge is 0.299 e. The third-order valence-corrected chi connectivity index (χ3v) is 7.64. The molecule has 0 bridgehead atoms. The molecule has 3 rings (SSSR count). The predicted molar refractivity (Wildman–Crippen MR) is 122 cm³/mol. The number of anilines is 2. The maximum absolute atomic E-state index is 13.2. The summed E-state index contributed by atoms with van der Waals surface area (Å²) in [5.41, 5.74) is 1.40. The number of aromatic nitrogens is 2. The van der Waals surface area contributed by atoms with Crippen LogP contribution in [0.25, 0.3) is 0 Å². The number of nitrogens with zero attached hydrogens (tertiary/aromatic N) is 3. The summed E-state index contributed by atoms with van der Waals surface area (Å²) in [6, 6.07) is 15.0. The average molecular weight is 463 g/mol. The van der Waals surface area contributed by atoms with Crippen molar-refractivity contribution in [3.63, 3.8) is 0 Å². The van der Waals surface area contributed by atoms with E-state index < -0.39 is 15.9 Å². The van der Waals surface area contributed by atoms with Gasteiger partial charge in [0.2, 0.25) is 11.0 Å². The van der Waals surface area contributed by atoms with Crippen molar-refractivity contribution >= 4 is 49.8 Å². The number of sulfonamides is 1. The lowest BCUT2D eigenvalue weighted by Crippen LogP contribution is -2.38. The third kappa shape index (κ3) is 5.59. The van der Waals surface area contributed by atoms with Gasteiger partial charge in [0.1, 0.15) is 6.54 Å². The van der Waals surface area contributed by atoms with Gasteiger partial charge in [-0.2, -0.15) is 0 Å². The molecule has 0 aliphatic carbocycles. The molecule has 30 heavy (non-hydrogen) atoms. The number of carbonyl (C=O) groups excluding carboxylic acids is 1. The Morgan fingerprint density at radius 3 is 2.40 bits per heavy atom. The van der Waals surface area contributed by atoms with E-state index in [0.717, 1.165) is 14.2 Å². The van der Waals surface area contributed by atoms with Crippen molar-refractivity contribution in [1.29, 1.82) is 0 Å². The van der Waals surface area contributed by atoms with Crippen molar-refractivity contribution in [3.05, 3.63) is 60.2 Å². The molecule has 158 valence electrons. The fourth-order valence-electron chi connectivity index (χ4n) is 2.54. The topological polar surface area (TPSA) is 92.3 Å². The molecule has 1 heterocycles. The van der Waals surface area contributed by atoms with Gasteiger partial charge >= 0.3 is 0 Å². The molecular formula is C20H22N4O3S3. The van der Waals surface area contributed by atoms with E-state index in [1.807, 2.05) is 20.8 Å². The summed E-state index contributed by atoms with van der Waals surface area (Å²) >= 11 is 2.81. The highest BCUT2D eigenvalue weighted by Gasteiger charge is 2.27. The van der Waals surface area contributed by atoms with Gasteiger partial charge in [-0.15, -0.1) is 10.2 Å². The van der Waals surface area contributed by atoms with Gasteiger partial charge in [-0.3, -0.25) is 14.4 Å². The van der Waals surface area contributed by atoms with Crippen LogP contribution in [0.2, 0.25) is 0 Å². The minimum atomic E-state index is -3.93. The van der Waals surface area contributed by atoms with Crippen LogP contribution >= 0.6 is 23.1 Å². The maximum Gasteiger partial charge on any atom is 0.264 e. The number of amides is 1. The molecule has 7 nitrogen and oxygen atoms in total. The lowest BCUT2D eigenvalue weighted by atomic mass is 10.2. The SMILES string of the molecule is Cc1ccc(N(CC(=O)Nc2nnc(SC(C)C)s2)S(=O)(=O)c2ccccc2)cc1. The summed E-state index contributed by atoms with van der Waals surface area (Å²) in [5, 5.41) is 11.3. The Morgan fingerprint density at radius 2 is 1.77 bits per heavy atom. The van der Waals surface area contributed by atoms with Crippen LogP contribution in [-0.2, 0) is 14.8 Å². The Labute approximate surface area is 184 Å². The molecule has 0 aliphatic heterocycles. The molecule has 1 amide bonds. The van der Waals surface area contributed by atoms with Crippen molar-refractivity contribution in [2.45, 2.75) is 35.3 Å².